The molecule has 0 aliphatic carbocycles. The van der Waals surface area contributed by atoms with Crippen molar-refractivity contribution >= 4 is 23.4 Å². The molecule has 3 aromatic rings. The Bertz CT molecular complexity index is 1010. The lowest BCUT2D eigenvalue weighted by Gasteiger charge is -2.09. The van der Waals surface area contributed by atoms with Crippen molar-refractivity contribution < 1.29 is 9.53 Å². The molecule has 1 N–H and O–H groups in total. The van der Waals surface area contributed by atoms with Gasteiger partial charge in [-0.1, -0.05) is 49.0 Å². The number of allylic oxidation sites excluding steroid dienone is 1. The Morgan fingerprint density at radius 3 is 2.47 bits per heavy atom. The van der Waals surface area contributed by atoms with Crippen molar-refractivity contribution in [2.45, 2.75) is 44.3 Å². The first-order valence-corrected chi connectivity index (χ1v) is 11.8. The maximum absolute atomic E-state index is 12.4. The Labute approximate surface area is 194 Å². The highest BCUT2D eigenvalue weighted by Gasteiger charge is 2.13. The number of thioether (sulfide) groups is 1. The van der Waals surface area contributed by atoms with Crippen LogP contribution >= 0.6 is 11.8 Å². The number of benzene rings is 2. The number of amides is 1. The van der Waals surface area contributed by atoms with Gasteiger partial charge in [-0.2, -0.15) is 0 Å². The third-order valence-corrected chi connectivity index (χ3v) is 6.08. The number of hydrogen-bond acceptors (Lipinski definition) is 5. The molecule has 1 heterocycles. The quantitative estimate of drug-likeness (QED) is 0.313. The van der Waals surface area contributed by atoms with Crippen molar-refractivity contribution in [3.63, 3.8) is 0 Å². The van der Waals surface area contributed by atoms with Crippen LogP contribution in [0.15, 0.2) is 66.3 Å². The maximum Gasteiger partial charge on any atom is 0.234 e. The molecule has 0 saturated carbocycles. The zero-order chi connectivity index (χ0) is 22.8. The predicted molar refractivity (Wildman–Crippen MR) is 130 cm³/mol. The fourth-order valence-electron chi connectivity index (χ4n) is 3.32. The van der Waals surface area contributed by atoms with Gasteiger partial charge in [0.15, 0.2) is 5.16 Å². The normalized spacial score (nSPS) is 10.7. The van der Waals surface area contributed by atoms with Crippen LogP contribution < -0.4 is 10.1 Å². The van der Waals surface area contributed by atoms with Crippen LogP contribution in [0.3, 0.4) is 0 Å². The summed E-state index contributed by atoms with van der Waals surface area (Å²) in [7, 11) is 1.67. The molecule has 1 aromatic heterocycles. The number of nitrogens with zero attached hydrogens (tertiary/aromatic N) is 3. The number of hydrogen-bond donors (Lipinski definition) is 1. The second-order valence-electron chi connectivity index (χ2n) is 7.39. The van der Waals surface area contributed by atoms with E-state index in [2.05, 4.69) is 41.1 Å². The molecule has 2 aromatic carbocycles. The number of anilines is 1. The zero-order valence-corrected chi connectivity index (χ0v) is 19.5. The van der Waals surface area contributed by atoms with Gasteiger partial charge in [0.25, 0.3) is 0 Å². The third-order valence-electron chi connectivity index (χ3n) is 5.11. The number of ether oxygens (including phenoxy) is 1. The average Bonchev–Trinajstić information content (AvgIpc) is 3.20. The molecule has 168 valence electrons. The van der Waals surface area contributed by atoms with E-state index in [-0.39, 0.29) is 11.7 Å². The zero-order valence-electron chi connectivity index (χ0n) is 18.7. The molecule has 0 fully saturated rings. The van der Waals surface area contributed by atoms with Crippen LogP contribution in [0.5, 0.6) is 5.75 Å². The van der Waals surface area contributed by atoms with E-state index in [0.29, 0.717) is 6.54 Å². The van der Waals surface area contributed by atoms with Crippen LogP contribution in [0.25, 0.3) is 0 Å². The maximum atomic E-state index is 12.4. The Hall–Kier alpha value is -3.06. The number of nitrogens with one attached hydrogen (secondary N) is 1. The molecule has 32 heavy (non-hydrogen) atoms. The van der Waals surface area contributed by atoms with E-state index in [4.69, 9.17) is 4.74 Å². The van der Waals surface area contributed by atoms with Gasteiger partial charge in [0.05, 0.1) is 12.9 Å². The summed E-state index contributed by atoms with van der Waals surface area (Å²) in [4.78, 5) is 12.4. The van der Waals surface area contributed by atoms with Crippen LogP contribution in [-0.4, -0.2) is 33.5 Å². The van der Waals surface area contributed by atoms with Crippen LogP contribution in [0, 0.1) is 0 Å². The molecule has 0 unspecified atom stereocenters. The minimum Gasteiger partial charge on any atom is -0.497 e. The molecular weight excluding hydrogens is 420 g/mol. The summed E-state index contributed by atoms with van der Waals surface area (Å²) < 4.78 is 7.25. The van der Waals surface area contributed by atoms with Crippen LogP contribution in [0.1, 0.15) is 30.3 Å². The molecule has 6 nitrogen and oxygen atoms in total. The summed E-state index contributed by atoms with van der Waals surface area (Å²) >= 11 is 1.39. The highest BCUT2D eigenvalue weighted by atomic mass is 32.2. The number of aryl methyl sites for hydroxylation is 3. The van der Waals surface area contributed by atoms with Gasteiger partial charge in [0, 0.05) is 18.7 Å². The molecule has 0 aliphatic rings. The molecule has 0 atom stereocenters. The van der Waals surface area contributed by atoms with E-state index in [1.807, 2.05) is 47.0 Å². The highest BCUT2D eigenvalue weighted by Crippen LogP contribution is 2.20. The standard InChI is InChI=1S/C25H30N4O2S/c1-4-17-29-23(8-6-7-20-11-15-22(31-3)16-12-20)27-28-25(29)32-18-24(30)26-21-13-9-19(5-2)10-14-21/h4,9-16H,1,5-8,17-18H2,2-3H3,(H,26,30). The van der Waals surface area contributed by atoms with Gasteiger partial charge in [-0.15, -0.1) is 16.8 Å². The van der Waals surface area contributed by atoms with Crippen LogP contribution in [0.4, 0.5) is 5.69 Å². The van der Waals surface area contributed by atoms with E-state index < -0.39 is 0 Å². The van der Waals surface area contributed by atoms with Crippen LogP contribution in [0.2, 0.25) is 0 Å². The summed E-state index contributed by atoms with van der Waals surface area (Å²) in [5.41, 5.74) is 3.31. The highest BCUT2D eigenvalue weighted by molar-refractivity contribution is 7.99. The molecule has 1 amide bonds. The summed E-state index contributed by atoms with van der Waals surface area (Å²) in [5, 5.41) is 12.4. The van der Waals surface area contributed by atoms with Crippen LogP contribution in [-0.2, 0) is 30.6 Å². The van der Waals surface area contributed by atoms with Gasteiger partial charge in [0.2, 0.25) is 5.91 Å². The average molecular weight is 451 g/mol. The minimum atomic E-state index is -0.0616. The Morgan fingerprint density at radius 1 is 1.09 bits per heavy atom. The molecule has 7 heteroatoms. The second-order valence-corrected chi connectivity index (χ2v) is 8.33. The first-order valence-electron chi connectivity index (χ1n) is 10.8. The van der Waals surface area contributed by atoms with Gasteiger partial charge >= 0.3 is 0 Å². The van der Waals surface area contributed by atoms with E-state index in [9.17, 15) is 4.79 Å². The van der Waals surface area contributed by atoms with Gasteiger partial charge < -0.3 is 14.6 Å². The van der Waals surface area contributed by atoms with E-state index in [1.165, 1.54) is 22.9 Å². The summed E-state index contributed by atoms with van der Waals surface area (Å²) in [6.45, 7) is 6.58. The van der Waals surface area contributed by atoms with Crippen molar-refractivity contribution in [3.8, 4) is 5.75 Å². The van der Waals surface area contributed by atoms with Crippen molar-refractivity contribution in [2.75, 3.05) is 18.2 Å². The summed E-state index contributed by atoms with van der Waals surface area (Å²) in [6, 6.07) is 16.1. The first-order chi connectivity index (χ1) is 15.6. The van der Waals surface area contributed by atoms with Gasteiger partial charge in [-0.25, -0.2) is 0 Å². The summed E-state index contributed by atoms with van der Waals surface area (Å²) in [6.07, 6.45) is 5.53. The lowest BCUT2D eigenvalue weighted by molar-refractivity contribution is -0.113. The lowest BCUT2D eigenvalue weighted by Crippen LogP contribution is -2.14. The Morgan fingerprint density at radius 2 is 1.81 bits per heavy atom. The van der Waals surface area contributed by atoms with E-state index in [0.717, 1.165) is 48.1 Å². The second kappa shape index (κ2) is 12.1. The number of methoxy groups -OCH3 is 1. The largest absolute Gasteiger partial charge is 0.497 e. The number of aromatic nitrogens is 3. The van der Waals surface area contributed by atoms with Gasteiger partial charge in [-0.05, 0) is 54.7 Å². The molecule has 0 bridgehead atoms. The number of carbonyl (C=O) groups is 1. The monoisotopic (exact) mass is 450 g/mol. The summed E-state index contributed by atoms with van der Waals surface area (Å²) in [5.74, 6) is 1.99. The fraction of sp³-hybridized carbons (Fsp3) is 0.320. The molecule has 0 aliphatic heterocycles. The Balaban J connectivity index is 1.53. The lowest BCUT2D eigenvalue weighted by atomic mass is 10.1. The van der Waals surface area contributed by atoms with Gasteiger partial charge in [-0.3, -0.25) is 4.79 Å². The number of rotatable bonds is 12. The fourth-order valence-corrected chi connectivity index (χ4v) is 4.08. The molecular formula is C25H30N4O2S. The topological polar surface area (TPSA) is 69.0 Å². The van der Waals surface area contributed by atoms with Crippen molar-refractivity contribution in [1.29, 1.82) is 0 Å². The predicted octanol–water partition coefficient (Wildman–Crippen LogP) is 4.94. The van der Waals surface area contributed by atoms with Gasteiger partial charge in [0.1, 0.15) is 11.6 Å². The van der Waals surface area contributed by atoms with E-state index >= 15 is 0 Å². The SMILES string of the molecule is C=CCn1c(CCCc2ccc(OC)cc2)nnc1SCC(=O)Nc1ccc(CC)cc1. The molecule has 0 spiro atoms. The first kappa shape index (κ1) is 23.6. The molecule has 0 radical (unpaired) electrons. The third kappa shape index (κ3) is 6.72. The molecule has 0 saturated heterocycles. The smallest absolute Gasteiger partial charge is 0.234 e. The van der Waals surface area contributed by atoms with Crippen molar-refractivity contribution in [2.24, 2.45) is 0 Å². The number of carbonyl (C=O) groups excluding carboxylic acids is 1. The van der Waals surface area contributed by atoms with E-state index in [1.54, 1.807) is 7.11 Å². The minimum absolute atomic E-state index is 0.0616. The van der Waals surface area contributed by atoms with Crippen molar-refractivity contribution in [1.82, 2.24) is 14.8 Å². The van der Waals surface area contributed by atoms with Crippen molar-refractivity contribution in [3.05, 3.63) is 78.1 Å². The Kier molecular flexibility index (Phi) is 8.92. The molecule has 3 rings (SSSR count).